The summed E-state index contributed by atoms with van der Waals surface area (Å²) in [5, 5.41) is 4.47. The Morgan fingerprint density at radius 3 is 2.38 bits per heavy atom. The Balaban J connectivity index is 1.41. The largest absolute Gasteiger partial charge is 0.368 e. The van der Waals surface area contributed by atoms with Gasteiger partial charge in [-0.3, -0.25) is 14.4 Å². The van der Waals surface area contributed by atoms with Crippen LogP contribution in [0.25, 0.3) is 0 Å². The molecule has 0 bridgehead atoms. The number of hydrogen-bond acceptors (Lipinski definition) is 5. The van der Waals surface area contributed by atoms with Crippen molar-refractivity contribution in [1.29, 1.82) is 0 Å². The number of aryl methyl sites for hydroxylation is 2. The second kappa shape index (κ2) is 7.81. The smallest absolute Gasteiger partial charge is 0.267 e. The topological polar surface area (TPSA) is 75.5 Å². The number of aromatic nitrogens is 2. The summed E-state index contributed by atoms with van der Waals surface area (Å²) in [6.45, 7) is 5.93. The maximum atomic E-state index is 13.0. The summed E-state index contributed by atoms with van der Waals surface area (Å²) in [6, 6.07) is 8.61. The fourth-order valence-electron chi connectivity index (χ4n) is 4.15. The highest BCUT2D eigenvalue weighted by atomic mass is 16.2. The SMILES string of the molecule is CC(=O)c1ccc(N2CCN(C(=O)[C@@H](C)n3nc4c(cc3=O)CCC4)CC2)cc1. The standard InChI is InChI=1S/C22H26N4O3/c1-15(26-21(28)14-18-4-3-5-20(18)23-26)22(29)25-12-10-24(11-13-25)19-8-6-17(7-9-19)16(2)27/h6-9,14-15H,3-5,10-13H2,1-2H3/t15-/m1/s1. The van der Waals surface area contributed by atoms with Crippen molar-refractivity contribution in [3.63, 3.8) is 0 Å². The molecular formula is C22H26N4O3. The quantitative estimate of drug-likeness (QED) is 0.740. The van der Waals surface area contributed by atoms with Crippen LogP contribution in [-0.2, 0) is 17.6 Å². The highest BCUT2D eigenvalue weighted by Crippen LogP contribution is 2.20. The molecule has 1 aromatic heterocycles. The Morgan fingerprint density at radius 1 is 1.03 bits per heavy atom. The molecule has 152 valence electrons. The Labute approximate surface area is 169 Å². The van der Waals surface area contributed by atoms with Crippen LogP contribution in [-0.4, -0.2) is 52.5 Å². The van der Waals surface area contributed by atoms with E-state index < -0.39 is 6.04 Å². The van der Waals surface area contributed by atoms with Crippen molar-refractivity contribution < 1.29 is 9.59 Å². The van der Waals surface area contributed by atoms with Gasteiger partial charge in [0.15, 0.2) is 5.78 Å². The number of benzene rings is 1. The normalized spacial score (nSPS) is 17.2. The average molecular weight is 394 g/mol. The number of ketones is 1. The summed E-state index contributed by atoms with van der Waals surface area (Å²) in [6.07, 6.45) is 2.79. The molecule has 2 heterocycles. The van der Waals surface area contributed by atoms with E-state index in [0.29, 0.717) is 31.7 Å². The molecule has 2 aromatic rings. The first-order valence-corrected chi connectivity index (χ1v) is 10.2. The van der Waals surface area contributed by atoms with E-state index in [1.807, 2.05) is 29.2 Å². The fourth-order valence-corrected chi connectivity index (χ4v) is 4.15. The highest BCUT2D eigenvalue weighted by Gasteiger charge is 2.28. The van der Waals surface area contributed by atoms with Gasteiger partial charge in [-0.1, -0.05) is 0 Å². The maximum Gasteiger partial charge on any atom is 0.267 e. The van der Waals surface area contributed by atoms with E-state index in [9.17, 15) is 14.4 Å². The Bertz CT molecular complexity index is 988. The minimum absolute atomic E-state index is 0.0522. The summed E-state index contributed by atoms with van der Waals surface area (Å²) >= 11 is 0. The second-order valence-corrected chi connectivity index (χ2v) is 7.84. The molecule has 0 N–H and O–H groups in total. The number of Topliss-reactive ketones (excluding diaryl/α,β-unsaturated/α-hetero) is 1. The van der Waals surface area contributed by atoms with Gasteiger partial charge in [0.2, 0.25) is 5.91 Å². The number of hydrogen-bond donors (Lipinski definition) is 0. The van der Waals surface area contributed by atoms with Crippen molar-refractivity contribution in [3.8, 4) is 0 Å². The van der Waals surface area contributed by atoms with Gasteiger partial charge in [-0.05, 0) is 62.9 Å². The number of piperazine rings is 1. The van der Waals surface area contributed by atoms with Crippen LogP contribution in [0, 0.1) is 0 Å². The third kappa shape index (κ3) is 3.81. The maximum absolute atomic E-state index is 13.0. The van der Waals surface area contributed by atoms with E-state index in [2.05, 4.69) is 10.00 Å². The second-order valence-electron chi connectivity index (χ2n) is 7.84. The number of nitrogens with zero attached hydrogens (tertiary/aromatic N) is 4. The first-order valence-electron chi connectivity index (χ1n) is 10.2. The molecule has 2 aliphatic rings. The van der Waals surface area contributed by atoms with Crippen molar-refractivity contribution in [2.75, 3.05) is 31.1 Å². The number of anilines is 1. The first-order chi connectivity index (χ1) is 13.9. The summed E-state index contributed by atoms with van der Waals surface area (Å²) < 4.78 is 1.35. The molecule has 0 spiro atoms. The molecule has 0 radical (unpaired) electrons. The fraction of sp³-hybridized carbons (Fsp3) is 0.455. The Hall–Kier alpha value is -2.96. The first kappa shape index (κ1) is 19.4. The Morgan fingerprint density at radius 2 is 1.72 bits per heavy atom. The number of carbonyl (C=O) groups excluding carboxylic acids is 2. The lowest BCUT2D eigenvalue weighted by Gasteiger charge is -2.37. The molecule has 4 rings (SSSR count). The van der Waals surface area contributed by atoms with Gasteiger partial charge in [-0.2, -0.15) is 5.10 Å². The van der Waals surface area contributed by atoms with Gasteiger partial charge >= 0.3 is 0 Å². The van der Waals surface area contributed by atoms with E-state index in [-0.39, 0.29) is 17.2 Å². The van der Waals surface area contributed by atoms with Crippen molar-refractivity contribution in [2.45, 2.75) is 39.2 Å². The number of rotatable bonds is 4. The van der Waals surface area contributed by atoms with E-state index in [0.717, 1.165) is 36.2 Å². The molecule has 1 saturated heterocycles. The zero-order valence-corrected chi connectivity index (χ0v) is 16.9. The number of amides is 1. The van der Waals surface area contributed by atoms with Gasteiger partial charge in [0.1, 0.15) is 6.04 Å². The van der Waals surface area contributed by atoms with Crippen LogP contribution in [0.4, 0.5) is 5.69 Å². The van der Waals surface area contributed by atoms with Gasteiger partial charge in [0.25, 0.3) is 5.56 Å². The average Bonchev–Trinajstić information content (AvgIpc) is 3.19. The molecule has 7 nitrogen and oxygen atoms in total. The van der Waals surface area contributed by atoms with E-state index in [1.165, 1.54) is 4.68 Å². The Kier molecular flexibility index (Phi) is 5.22. The van der Waals surface area contributed by atoms with Crippen LogP contribution in [0.2, 0.25) is 0 Å². The molecule has 1 atom stereocenters. The van der Waals surface area contributed by atoms with Gasteiger partial charge in [-0.25, -0.2) is 4.68 Å². The third-order valence-corrected chi connectivity index (χ3v) is 5.94. The zero-order valence-electron chi connectivity index (χ0n) is 16.9. The molecule has 7 heteroatoms. The summed E-state index contributed by atoms with van der Waals surface area (Å²) in [5.74, 6) is -0.0134. The van der Waals surface area contributed by atoms with Crippen molar-refractivity contribution >= 4 is 17.4 Å². The summed E-state index contributed by atoms with van der Waals surface area (Å²) in [7, 11) is 0. The minimum atomic E-state index is -0.602. The molecule has 1 aromatic carbocycles. The van der Waals surface area contributed by atoms with Gasteiger partial charge in [0, 0.05) is 43.5 Å². The molecule has 0 unspecified atom stereocenters. The van der Waals surface area contributed by atoms with Crippen molar-refractivity contribution in [3.05, 3.63) is 57.5 Å². The van der Waals surface area contributed by atoms with Crippen LogP contribution in [0.3, 0.4) is 0 Å². The molecule has 29 heavy (non-hydrogen) atoms. The van der Waals surface area contributed by atoms with Crippen molar-refractivity contribution in [2.24, 2.45) is 0 Å². The summed E-state index contributed by atoms with van der Waals surface area (Å²) in [4.78, 5) is 40.9. The predicted octanol–water partition coefficient (Wildman–Crippen LogP) is 1.84. The lowest BCUT2D eigenvalue weighted by Crippen LogP contribution is -2.51. The predicted molar refractivity (Wildman–Crippen MR) is 110 cm³/mol. The van der Waals surface area contributed by atoms with Crippen LogP contribution < -0.4 is 10.5 Å². The van der Waals surface area contributed by atoms with Gasteiger partial charge < -0.3 is 9.80 Å². The zero-order chi connectivity index (χ0) is 20.5. The third-order valence-electron chi connectivity index (χ3n) is 5.94. The molecule has 0 saturated carbocycles. The molecule has 1 fully saturated rings. The lowest BCUT2D eigenvalue weighted by atomic mass is 10.1. The molecule has 1 aliphatic heterocycles. The van der Waals surface area contributed by atoms with E-state index in [1.54, 1.807) is 19.9 Å². The monoisotopic (exact) mass is 394 g/mol. The van der Waals surface area contributed by atoms with Gasteiger partial charge in [-0.15, -0.1) is 0 Å². The minimum Gasteiger partial charge on any atom is -0.368 e. The van der Waals surface area contributed by atoms with Crippen LogP contribution >= 0.6 is 0 Å². The number of fused-ring (bicyclic) bond motifs is 1. The number of carbonyl (C=O) groups is 2. The molecule has 1 aliphatic carbocycles. The van der Waals surface area contributed by atoms with Gasteiger partial charge in [0.05, 0.1) is 5.69 Å². The van der Waals surface area contributed by atoms with Crippen LogP contribution in [0.5, 0.6) is 0 Å². The highest BCUT2D eigenvalue weighted by molar-refractivity contribution is 5.94. The molecular weight excluding hydrogens is 368 g/mol. The summed E-state index contributed by atoms with van der Waals surface area (Å²) in [5.41, 5.74) is 3.52. The molecule has 1 amide bonds. The lowest BCUT2D eigenvalue weighted by molar-refractivity contribution is -0.135. The van der Waals surface area contributed by atoms with Crippen LogP contribution in [0.15, 0.2) is 35.1 Å². The van der Waals surface area contributed by atoms with E-state index >= 15 is 0 Å². The van der Waals surface area contributed by atoms with E-state index in [4.69, 9.17) is 0 Å². The van der Waals surface area contributed by atoms with Crippen molar-refractivity contribution in [1.82, 2.24) is 14.7 Å². The van der Waals surface area contributed by atoms with Crippen LogP contribution in [0.1, 0.15) is 47.9 Å².